The third kappa shape index (κ3) is 2.51. The molecule has 1 aliphatic rings. The molecule has 0 radical (unpaired) electrons. The molecule has 0 spiro atoms. The minimum absolute atomic E-state index is 0.332. The number of benzene rings is 2. The Morgan fingerprint density at radius 1 is 1.15 bits per heavy atom. The van der Waals surface area contributed by atoms with E-state index >= 15 is 0 Å². The largest absolute Gasteiger partial charge is 0.465 e. The van der Waals surface area contributed by atoms with Crippen molar-refractivity contribution >= 4 is 50.1 Å². The van der Waals surface area contributed by atoms with Crippen molar-refractivity contribution in [2.75, 3.05) is 4.43 Å². The molecule has 0 amide bonds. The minimum Gasteiger partial charge on any atom is -0.465 e. The van der Waals surface area contributed by atoms with Gasteiger partial charge in [0.1, 0.15) is 5.60 Å². The normalized spacial score (nSPS) is 20.9. The highest BCUT2D eigenvalue weighted by molar-refractivity contribution is 14.1. The van der Waals surface area contributed by atoms with Gasteiger partial charge in [0.05, 0.1) is 5.69 Å². The lowest BCUT2D eigenvalue weighted by molar-refractivity contribution is 0.0999. The van der Waals surface area contributed by atoms with E-state index in [9.17, 15) is 0 Å². The van der Waals surface area contributed by atoms with Gasteiger partial charge in [0.15, 0.2) is 0 Å². The molecule has 0 aromatic heterocycles. The van der Waals surface area contributed by atoms with E-state index in [0.717, 1.165) is 25.7 Å². The zero-order valence-electron chi connectivity index (χ0n) is 10.9. The molecule has 20 heavy (non-hydrogen) atoms. The van der Waals surface area contributed by atoms with E-state index in [1.165, 1.54) is 0 Å². The molecule has 1 atom stereocenters. The van der Waals surface area contributed by atoms with Crippen LogP contribution in [0.3, 0.4) is 0 Å². The summed E-state index contributed by atoms with van der Waals surface area (Å²) < 4.78 is 8.13. The molecule has 0 bridgehead atoms. The summed E-state index contributed by atoms with van der Waals surface area (Å²) >= 11 is 5.82. The molecule has 0 saturated heterocycles. The molecular weight excluding hydrogens is 429 g/mol. The Balaban J connectivity index is 2.11. The van der Waals surface area contributed by atoms with E-state index in [1.54, 1.807) is 0 Å². The lowest BCUT2D eigenvalue weighted by Crippen LogP contribution is -2.33. The maximum absolute atomic E-state index is 6.20. The van der Waals surface area contributed by atoms with Gasteiger partial charge in [-0.1, -0.05) is 56.7 Å². The molecule has 1 heterocycles. The highest BCUT2D eigenvalue weighted by Crippen LogP contribution is 2.39. The highest BCUT2D eigenvalue weighted by atomic mass is 127. The molecule has 0 aliphatic carbocycles. The van der Waals surface area contributed by atoms with Crippen LogP contribution in [0, 0.1) is 0 Å². The average Bonchev–Trinajstić information content (AvgIpc) is 2.48. The predicted octanol–water partition coefficient (Wildman–Crippen LogP) is 5.21. The van der Waals surface area contributed by atoms with Crippen molar-refractivity contribution in [1.82, 2.24) is 0 Å². The van der Waals surface area contributed by atoms with Crippen LogP contribution in [0.4, 0.5) is 5.69 Å². The Labute approximate surface area is 140 Å². The number of hydrogen-bond donors (Lipinski definition) is 0. The van der Waals surface area contributed by atoms with Crippen molar-refractivity contribution in [3.05, 3.63) is 64.1 Å². The Morgan fingerprint density at radius 2 is 1.85 bits per heavy atom. The van der Waals surface area contributed by atoms with Gasteiger partial charge in [0.2, 0.25) is 5.90 Å². The van der Waals surface area contributed by atoms with Gasteiger partial charge in [0.25, 0.3) is 0 Å². The van der Waals surface area contributed by atoms with Gasteiger partial charge in [-0.05, 0) is 37.3 Å². The number of fused-ring (bicyclic) bond motifs is 1. The fourth-order valence-corrected chi connectivity index (χ4v) is 3.07. The number of alkyl halides is 1. The summed E-state index contributed by atoms with van der Waals surface area (Å²) in [6, 6.07) is 16.2. The first-order valence-electron chi connectivity index (χ1n) is 6.31. The molecule has 0 fully saturated rings. The Morgan fingerprint density at radius 3 is 2.55 bits per heavy atom. The molecule has 3 rings (SSSR count). The molecule has 2 nitrogen and oxygen atoms in total. The van der Waals surface area contributed by atoms with Crippen LogP contribution in [0.25, 0.3) is 0 Å². The second-order valence-electron chi connectivity index (χ2n) is 4.91. The number of nitrogens with zero attached hydrogens (tertiary/aromatic N) is 1. The molecule has 2 aromatic carbocycles. The number of para-hydroxylation sites is 1. The fraction of sp³-hybridized carbons (Fsp3) is 0.188. The Kier molecular flexibility index (Phi) is 3.86. The van der Waals surface area contributed by atoms with Crippen LogP contribution in [0.2, 0.25) is 0 Å². The van der Waals surface area contributed by atoms with Gasteiger partial charge < -0.3 is 4.74 Å². The molecule has 102 valence electrons. The van der Waals surface area contributed by atoms with E-state index in [4.69, 9.17) is 4.74 Å². The van der Waals surface area contributed by atoms with E-state index in [2.05, 4.69) is 56.5 Å². The van der Waals surface area contributed by atoms with Crippen LogP contribution in [-0.4, -0.2) is 10.3 Å². The molecule has 2 aromatic rings. The lowest BCUT2D eigenvalue weighted by Gasteiger charge is -2.34. The van der Waals surface area contributed by atoms with Gasteiger partial charge in [-0.25, -0.2) is 4.99 Å². The van der Waals surface area contributed by atoms with Crippen LogP contribution < -0.4 is 0 Å². The maximum Gasteiger partial charge on any atom is 0.222 e. The van der Waals surface area contributed by atoms with Crippen LogP contribution >= 0.6 is 38.5 Å². The van der Waals surface area contributed by atoms with E-state index in [0.29, 0.717) is 5.90 Å². The van der Waals surface area contributed by atoms with Gasteiger partial charge in [-0.3, -0.25) is 0 Å². The zero-order valence-corrected chi connectivity index (χ0v) is 14.7. The standard InChI is InChI=1S/C16H13BrINO/c1-16(10-18)13-4-2-3-5-14(13)19-15(20-16)11-6-8-12(17)9-7-11/h2-9H,10H2,1H3. The van der Waals surface area contributed by atoms with Crippen molar-refractivity contribution < 1.29 is 4.74 Å². The number of ether oxygens (including phenoxy) is 1. The monoisotopic (exact) mass is 441 g/mol. The first-order chi connectivity index (χ1) is 9.62. The second kappa shape index (κ2) is 5.48. The second-order valence-corrected chi connectivity index (χ2v) is 6.59. The van der Waals surface area contributed by atoms with Crippen LogP contribution in [0.15, 0.2) is 58.0 Å². The number of aliphatic imine (C=N–C) groups is 1. The smallest absolute Gasteiger partial charge is 0.222 e. The van der Waals surface area contributed by atoms with E-state index < -0.39 is 0 Å². The molecule has 4 heteroatoms. The Bertz CT molecular complexity index is 668. The molecule has 0 saturated carbocycles. The quantitative estimate of drug-likeness (QED) is 0.463. The van der Waals surface area contributed by atoms with Gasteiger partial charge in [0, 0.05) is 20.0 Å². The van der Waals surface area contributed by atoms with Crippen molar-refractivity contribution in [3.8, 4) is 0 Å². The van der Waals surface area contributed by atoms with Crippen molar-refractivity contribution in [1.29, 1.82) is 0 Å². The lowest BCUT2D eigenvalue weighted by atomic mass is 9.94. The summed E-state index contributed by atoms with van der Waals surface area (Å²) in [6.45, 7) is 2.12. The number of hydrogen-bond acceptors (Lipinski definition) is 2. The van der Waals surface area contributed by atoms with Crippen LogP contribution in [-0.2, 0) is 10.3 Å². The summed E-state index contributed by atoms with van der Waals surface area (Å²) in [6.07, 6.45) is 0. The predicted molar refractivity (Wildman–Crippen MR) is 94.1 cm³/mol. The number of halogens is 2. The van der Waals surface area contributed by atoms with Gasteiger partial charge in [-0.2, -0.15) is 0 Å². The first kappa shape index (κ1) is 14.1. The summed E-state index contributed by atoms with van der Waals surface area (Å²) in [7, 11) is 0. The van der Waals surface area contributed by atoms with E-state index in [-0.39, 0.29) is 5.60 Å². The summed E-state index contributed by atoms with van der Waals surface area (Å²) in [5.41, 5.74) is 2.81. The van der Waals surface area contributed by atoms with E-state index in [1.807, 2.05) is 42.5 Å². The average molecular weight is 442 g/mol. The van der Waals surface area contributed by atoms with Crippen molar-refractivity contribution in [2.45, 2.75) is 12.5 Å². The highest BCUT2D eigenvalue weighted by Gasteiger charge is 2.35. The number of rotatable bonds is 2. The third-order valence-corrected chi connectivity index (χ3v) is 5.35. The minimum atomic E-state index is -0.332. The van der Waals surface area contributed by atoms with Crippen molar-refractivity contribution in [3.63, 3.8) is 0 Å². The topological polar surface area (TPSA) is 21.6 Å². The van der Waals surface area contributed by atoms with Crippen molar-refractivity contribution in [2.24, 2.45) is 4.99 Å². The fourth-order valence-electron chi connectivity index (χ4n) is 2.23. The Hall–Kier alpha value is -0.880. The molecule has 1 aliphatic heterocycles. The van der Waals surface area contributed by atoms with Crippen LogP contribution in [0.5, 0.6) is 0 Å². The zero-order chi connectivity index (χ0) is 14.2. The maximum atomic E-state index is 6.20. The first-order valence-corrected chi connectivity index (χ1v) is 8.63. The molecule has 1 unspecified atom stereocenters. The SMILES string of the molecule is CC1(CI)OC(c2ccc(Br)cc2)=Nc2ccccc21. The van der Waals surface area contributed by atoms with Gasteiger partial charge >= 0.3 is 0 Å². The third-order valence-electron chi connectivity index (χ3n) is 3.36. The summed E-state index contributed by atoms with van der Waals surface area (Å²) in [5, 5.41) is 0. The van der Waals surface area contributed by atoms with Gasteiger partial charge in [-0.15, -0.1) is 0 Å². The molecular formula is C16H13BrINO. The summed E-state index contributed by atoms with van der Waals surface area (Å²) in [4.78, 5) is 4.66. The van der Waals surface area contributed by atoms with Crippen LogP contribution in [0.1, 0.15) is 18.1 Å². The molecule has 0 N–H and O–H groups in total. The summed E-state index contributed by atoms with van der Waals surface area (Å²) in [5.74, 6) is 0.690.